The average molecular weight is 529 g/mol. The number of hydrogen-bond donors (Lipinski definition) is 4. The minimum atomic E-state index is -3.74. The second-order valence-electron chi connectivity index (χ2n) is 12.2. The summed E-state index contributed by atoms with van der Waals surface area (Å²) in [5.74, 6) is -0.298. The molecule has 0 aromatic heterocycles. The lowest BCUT2D eigenvalue weighted by molar-refractivity contribution is 0.102. The van der Waals surface area contributed by atoms with E-state index in [-0.39, 0.29) is 17.4 Å². The first-order valence-electron chi connectivity index (χ1n) is 12.9. The number of nitrogens with one attached hydrogen (secondary N) is 3. The molecular weight excluding hydrogens is 488 g/mol. The van der Waals surface area contributed by atoms with Crippen LogP contribution in [0.3, 0.4) is 0 Å². The normalized spacial score (nSPS) is 17.5. The van der Waals surface area contributed by atoms with Crippen LogP contribution in [-0.2, 0) is 10.0 Å². The molecule has 4 N–H and O–H groups in total. The summed E-state index contributed by atoms with van der Waals surface area (Å²) in [6, 6.07) is 11.9. The highest BCUT2D eigenvalue weighted by Gasteiger charge is 2.44. The number of aliphatic hydroxyl groups excluding tert-OH is 1. The molecule has 1 heterocycles. The second-order valence-corrected chi connectivity index (χ2v) is 13.9. The van der Waals surface area contributed by atoms with Gasteiger partial charge >= 0.3 is 0 Å². The van der Waals surface area contributed by atoms with Gasteiger partial charge in [0, 0.05) is 30.0 Å². The first-order chi connectivity index (χ1) is 17.2. The maximum absolute atomic E-state index is 13.5. The topological polar surface area (TPSA) is 111 Å². The van der Waals surface area contributed by atoms with Crippen molar-refractivity contribution in [2.75, 3.05) is 35.2 Å². The van der Waals surface area contributed by atoms with Crippen molar-refractivity contribution < 1.29 is 18.3 Å². The molecule has 1 aliphatic heterocycles. The van der Waals surface area contributed by atoms with Crippen molar-refractivity contribution in [1.29, 1.82) is 0 Å². The molecular formula is C28H40N4O4S. The van der Waals surface area contributed by atoms with Gasteiger partial charge in [-0.15, -0.1) is 0 Å². The van der Waals surface area contributed by atoms with Crippen molar-refractivity contribution >= 4 is 33.0 Å². The molecule has 0 unspecified atom stereocenters. The molecule has 1 saturated heterocycles. The first-order valence-corrected chi connectivity index (χ1v) is 14.4. The van der Waals surface area contributed by atoms with Crippen molar-refractivity contribution in [1.82, 2.24) is 4.72 Å². The third-order valence-corrected chi connectivity index (χ3v) is 8.84. The maximum atomic E-state index is 13.5. The van der Waals surface area contributed by atoms with Gasteiger partial charge in [-0.3, -0.25) is 4.79 Å². The minimum absolute atomic E-state index is 0.0277. The predicted octanol–water partition coefficient (Wildman–Crippen LogP) is 4.58. The highest BCUT2D eigenvalue weighted by molar-refractivity contribution is 7.89. The van der Waals surface area contributed by atoms with Gasteiger partial charge in [0.1, 0.15) is 0 Å². The Morgan fingerprint density at radius 2 is 1.65 bits per heavy atom. The molecule has 8 nitrogen and oxygen atoms in total. The third kappa shape index (κ3) is 6.83. The summed E-state index contributed by atoms with van der Waals surface area (Å²) < 4.78 is 28.2. The Balaban J connectivity index is 1.60. The molecule has 9 heteroatoms. The lowest BCUT2D eigenvalue weighted by Gasteiger charge is -2.35. The lowest BCUT2D eigenvalue weighted by Crippen LogP contribution is -2.40. The van der Waals surface area contributed by atoms with E-state index < -0.39 is 21.1 Å². The van der Waals surface area contributed by atoms with E-state index in [1.54, 1.807) is 39.0 Å². The number of piperidine rings is 1. The molecule has 2 aliphatic rings. The van der Waals surface area contributed by atoms with Gasteiger partial charge in [0.15, 0.2) is 0 Å². The van der Waals surface area contributed by atoms with E-state index in [4.69, 9.17) is 0 Å². The van der Waals surface area contributed by atoms with Crippen LogP contribution in [0.25, 0.3) is 0 Å². The quantitative estimate of drug-likeness (QED) is 0.399. The SMILES string of the molecule is CC(C)(C)NS(=O)(=O)c1cccc(NC(=O)c2ccc(NC(C)(C)CO)cc2N2CCC3(CC2)CC3)c1. The highest BCUT2D eigenvalue weighted by atomic mass is 32.2. The van der Waals surface area contributed by atoms with Crippen molar-refractivity contribution in [3.05, 3.63) is 48.0 Å². The number of anilines is 3. The second kappa shape index (κ2) is 9.93. The van der Waals surface area contributed by atoms with Gasteiger partial charge in [-0.1, -0.05) is 6.07 Å². The van der Waals surface area contributed by atoms with Crippen molar-refractivity contribution in [2.45, 2.75) is 76.3 Å². The van der Waals surface area contributed by atoms with Crippen LogP contribution in [0.5, 0.6) is 0 Å². The number of sulfonamides is 1. The Labute approximate surface area is 220 Å². The van der Waals surface area contributed by atoms with E-state index in [1.165, 1.54) is 25.0 Å². The molecule has 1 aliphatic carbocycles. The van der Waals surface area contributed by atoms with Gasteiger partial charge in [-0.05, 0) is 102 Å². The van der Waals surface area contributed by atoms with Gasteiger partial charge in [-0.2, -0.15) is 0 Å². The largest absolute Gasteiger partial charge is 0.394 e. The van der Waals surface area contributed by atoms with Gasteiger partial charge in [0.2, 0.25) is 10.0 Å². The minimum Gasteiger partial charge on any atom is -0.394 e. The van der Waals surface area contributed by atoms with Crippen LogP contribution in [0.2, 0.25) is 0 Å². The van der Waals surface area contributed by atoms with Crippen molar-refractivity contribution in [2.24, 2.45) is 5.41 Å². The number of aliphatic hydroxyl groups is 1. The molecule has 37 heavy (non-hydrogen) atoms. The molecule has 0 radical (unpaired) electrons. The Bertz CT molecular complexity index is 1250. The van der Waals surface area contributed by atoms with Gasteiger partial charge in [0.25, 0.3) is 5.91 Å². The van der Waals surface area contributed by atoms with Crippen molar-refractivity contribution in [3.8, 4) is 0 Å². The monoisotopic (exact) mass is 528 g/mol. The van der Waals surface area contributed by atoms with Crippen molar-refractivity contribution in [3.63, 3.8) is 0 Å². The van der Waals surface area contributed by atoms with Crippen LogP contribution in [0.1, 0.15) is 70.7 Å². The predicted molar refractivity (Wildman–Crippen MR) is 149 cm³/mol. The number of carbonyl (C=O) groups excluding carboxylic acids is 1. The number of benzene rings is 2. The molecule has 202 valence electrons. The first kappa shape index (κ1) is 27.4. The Morgan fingerprint density at radius 1 is 0.973 bits per heavy atom. The molecule has 0 bridgehead atoms. The Hall–Kier alpha value is -2.62. The number of rotatable bonds is 8. The Kier molecular flexibility index (Phi) is 7.35. The fourth-order valence-electron chi connectivity index (χ4n) is 4.79. The number of carbonyl (C=O) groups is 1. The van der Waals surface area contributed by atoms with Crippen LogP contribution in [-0.4, -0.2) is 50.2 Å². The van der Waals surface area contributed by atoms with Gasteiger partial charge in [-0.25, -0.2) is 13.1 Å². The number of hydrogen-bond acceptors (Lipinski definition) is 6. The fourth-order valence-corrected chi connectivity index (χ4v) is 6.26. The lowest BCUT2D eigenvalue weighted by atomic mass is 9.93. The fraction of sp³-hybridized carbons (Fsp3) is 0.536. The van der Waals surface area contributed by atoms with E-state index >= 15 is 0 Å². The molecule has 4 rings (SSSR count). The zero-order chi connectivity index (χ0) is 27.1. The van der Waals surface area contributed by atoms with E-state index in [0.717, 1.165) is 37.3 Å². The van der Waals surface area contributed by atoms with E-state index in [1.807, 2.05) is 26.0 Å². The summed E-state index contributed by atoms with van der Waals surface area (Å²) in [4.78, 5) is 15.9. The highest BCUT2D eigenvalue weighted by Crippen LogP contribution is 2.54. The average Bonchev–Trinajstić information content (AvgIpc) is 3.56. The molecule has 1 spiro atoms. The molecule has 0 atom stereocenters. The summed E-state index contributed by atoms with van der Waals surface area (Å²) in [7, 11) is -3.74. The van der Waals surface area contributed by atoms with Crippen LogP contribution in [0.4, 0.5) is 17.1 Å². The summed E-state index contributed by atoms with van der Waals surface area (Å²) in [5.41, 5.74) is 1.98. The van der Waals surface area contributed by atoms with E-state index in [0.29, 0.717) is 16.7 Å². The summed E-state index contributed by atoms with van der Waals surface area (Å²) >= 11 is 0. The molecule has 2 aromatic rings. The molecule has 1 amide bonds. The Morgan fingerprint density at radius 3 is 2.24 bits per heavy atom. The van der Waals surface area contributed by atoms with Crippen LogP contribution < -0.4 is 20.3 Å². The summed E-state index contributed by atoms with van der Waals surface area (Å²) in [6.45, 7) is 10.9. The number of amides is 1. The summed E-state index contributed by atoms with van der Waals surface area (Å²) in [5, 5.41) is 16.0. The zero-order valence-corrected chi connectivity index (χ0v) is 23.3. The standard InChI is InChI=1S/C28H40N4O4S/c1-26(2,3)31-37(35,36)22-8-6-7-20(17-22)29-25(34)23-10-9-21(30-27(4,5)19-33)18-24(23)32-15-13-28(11-12-28)14-16-32/h6-10,17-18,30-31,33H,11-16,19H2,1-5H3,(H,29,34). The molecule has 1 saturated carbocycles. The van der Waals surface area contributed by atoms with Crippen LogP contribution in [0.15, 0.2) is 47.4 Å². The van der Waals surface area contributed by atoms with E-state index in [2.05, 4.69) is 20.3 Å². The smallest absolute Gasteiger partial charge is 0.257 e. The maximum Gasteiger partial charge on any atom is 0.257 e. The van der Waals surface area contributed by atoms with Gasteiger partial charge in [0.05, 0.1) is 28.3 Å². The third-order valence-electron chi connectivity index (χ3n) is 7.09. The summed E-state index contributed by atoms with van der Waals surface area (Å²) in [6.07, 6.45) is 4.83. The number of nitrogens with zero attached hydrogens (tertiary/aromatic N) is 1. The molecule has 2 aromatic carbocycles. The van der Waals surface area contributed by atoms with Crippen LogP contribution in [0, 0.1) is 5.41 Å². The van der Waals surface area contributed by atoms with E-state index in [9.17, 15) is 18.3 Å². The van der Waals surface area contributed by atoms with Crippen LogP contribution >= 0.6 is 0 Å². The van der Waals surface area contributed by atoms with Gasteiger partial charge < -0.3 is 20.6 Å². The molecule has 2 fully saturated rings. The zero-order valence-electron chi connectivity index (χ0n) is 22.5.